The molecule has 124 valence electrons. The number of rotatable bonds is 5. The molecule has 0 fully saturated rings. The van der Waals surface area contributed by atoms with Crippen LogP contribution in [0.5, 0.6) is 11.5 Å². The molecule has 1 aromatic rings. The van der Waals surface area contributed by atoms with Crippen LogP contribution in [0.2, 0.25) is 0 Å². The van der Waals surface area contributed by atoms with Crippen molar-refractivity contribution < 1.29 is 14.6 Å². The number of benzene rings is 1. The standard InChI is InChI=1S/C13H17N5O3S2/c1-6(22)12-16-18-13(23-12)17-15-9-5-11(21-3)10(20)4-8(9)14-7(2)19/h4-6,13,18,20,22H,1-3H3,(H,14,19)/b17-15+. The molecular weight excluding hydrogens is 338 g/mol. The second kappa shape index (κ2) is 7.55. The first-order chi connectivity index (χ1) is 10.9. The molecule has 1 aliphatic heterocycles. The highest BCUT2D eigenvalue weighted by atomic mass is 32.2. The second-order valence-corrected chi connectivity index (χ2v) is 6.54. The maximum atomic E-state index is 11.3. The van der Waals surface area contributed by atoms with Crippen molar-refractivity contribution in [2.24, 2.45) is 15.3 Å². The summed E-state index contributed by atoms with van der Waals surface area (Å²) in [7, 11) is 1.43. The third kappa shape index (κ3) is 4.52. The van der Waals surface area contributed by atoms with Gasteiger partial charge in [-0.3, -0.25) is 10.2 Å². The molecule has 1 aromatic carbocycles. The number of carbonyl (C=O) groups excluding carboxylic acids is 1. The average molecular weight is 355 g/mol. The number of methoxy groups -OCH3 is 1. The van der Waals surface area contributed by atoms with Gasteiger partial charge >= 0.3 is 0 Å². The SMILES string of the molecule is COc1cc(/N=N/C2NN=C(C(C)S)S2)c(NC(C)=O)cc1O. The van der Waals surface area contributed by atoms with Gasteiger partial charge < -0.3 is 15.2 Å². The molecule has 23 heavy (non-hydrogen) atoms. The molecule has 0 saturated heterocycles. The number of carbonyl (C=O) groups is 1. The van der Waals surface area contributed by atoms with Gasteiger partial charge in [-0.25, -0.2) is 0 Å². The van der Waals surface area contributed by atoms with Crippen LogP contribution in [0.25, 0.3) is 0 Å². The first-order valence-corrected chi connectivity index (χ1v) is 8.07. The smallest absolute Gasteiger partial charge is 0.221 e. The minimum Gasteiger partial charge on any atom is -0.504 e. The van der Waals surface area contributed by atoms with Gasteiger partial charge in [0.25, 0.3) is 0 Å². The molecule has 0 bridgehead atoms. The van der Waals surface area contributed by atoms with Crippen LogP contribution in [0.15, 0.2) is 27.5 Å². The van der Waals surface area contributed by atoms with Crippen molar-refractivity contribution in [3.8, 4) is 11.5 Å². The zero-order valence-electron chi connectivity index (χ0n) is 12.8. The predicted octanol–water partition coefficient (Wildman–Crippen LogP) is 2.69. The van der Waals surface area contributed by atoms with E-state index in [2.05, 4.69) is 38.7 Å². The van der Waals surface area contributed by atoms with E-state index in [1.807, 2.05) is 6.92 Å². The van der Waals surface area contributed by atoms with Gasteiger partial charge in [0, 0.05) is 24.3 Å². The number of nitrogens with zero attached hydrogens (tertiary/aromatic N) is 3. The number of amides is 1. The first-order valence-electron chi connectivity index (χ1n) is 6.68. The lowest BCUT2D eigenvalue weighted by molar-refractivity contribution is -0.114. The molecule has 0 aliphatic carbocycles. The highest BCUT2D eigenvalue weighted by Crippen LogP contribution is 2.38. The monoisotopic (exact) mass is 355 g/mol. The quantitative estimate of drug-likeness (QED) is 0.480. The van der Waals surface area contributed by atoms with E-state index in [1.165, 1.54) is 37.9 Å². The predicted molar refractivity (Wildman–Crippen MR) is 93.9 cm³/mol. The summed E-state index contributed by atoms with van der Waals surface area (Å²) in [6.45, 7) is 3.28. The Morgan fingerprint density at radius 2 is 2.35 bits per heavy atom. The molecule has 8 nitrogen and oxygen atoms in total. The number of phenols is 1. The first kappa shape index (κ1) is 17.4. The fourth-order valence-electron chi connectivity index (χ4n) is 1.74. The van der Waals surface area contributed by atoms with Crippen molar-refractivity contribution >= 4 is 46.7 Å². The van der Waals surface area contributed by atoms with Crippen molar-refractivity contribution in [3.63, 3.8) is 0 Å². The number of anilines is 1. The third-order valence-corrected chi connectivity index (χ3v) is 4.28. The van der Waals surface area contributed by atoms with Gasteiger partial charge in [-0.05, 0) is 6.92 Å². The normalized spacial score (nSPS) is 18.4. The lowest BCUT2D eigenvalue weighted by atomic mass is 10.2. The number of hydrazone groups is 1. The van der Waals surface area contributed by atoms with Gasteiger partial charge in [-0.2, -0.15) is 22.8 Å². The molecule has 1 aliphatic rings. The number of nitrogens with one attached hydrogen (secondary N) is 2. The van der Waals surface area contributed by atoms with E-state index >= 15 is 0 Å². The Morgan fingerprint density at radius 3 is 2.91 bits per heavy atom. The van der Waals surface area contributed by atoms with E-state index in [0.29, 0.717) is 11.4 Å². The summed E-state index contributed by atoms with van der Waals surface area (Å²) in [5, 5.41) is 25.6. The van der Waals surface area contributed by atoms with Gasteiger partial charge in [0.05, 0.1) is 12.8 Å². The van der Waals surface area contributed by atoms with Crippen molar-refractivity contribution in [1.29, 1.82) is 0 Å². The van der Waals surface area contributed by atoms with Gasteiger partial charge in [-0.15, -0.1) is 5.11 Å². The van der Waals surface area contributed by atoms with E-state index in [-0.39, 0.29) is 28.2 Å². The van der Waals surface area contributed by atoms with Crippen LogP contribution in [0.3, 0.4) is 0 Å². The molecule has 2 unspecified atom stereocenters. The van der Waals surface area contributed by atoms with Crippen molar-refractivity contribution in [2.45, 2.75) is 24.6 Å². The topological polar surface area (TPSA) is 108 Å². The molecule has 2 rings (SSSR count). The maximum Gasteiger partial charge on any atom is 0.221 e. The highest BCUT2D eigenvalue weighted by molar-refractivity contribution is 8.15. The minimum atomic E-state index is -0.371. The minimum absolute atomic E-state index is 0.0106. The molecule has 0 radical (unpaired) electrons. The average Bonchev–Trinajstić information content (AvgIpc) is 2.95. The molecule has 0 aromatic heterocycles. The van der Waals surface area contributed by atoms with Crippen LogP contribution >= 0.6 is 24.4 Å². The van der Waals surface area contributed by atoms with Crippen LogP contribution in [-0.2, 0) is 4.79 Å². The van der Waals surface area contributed by atoms with Gasteiger partial charge in [0.15, 0.2) is 11.5 Å². The summed E-state index contributed by atoms with van der Waals surface area (Å²) >= 11 is 5.71. The van der Waals surface area contributed by atoms with Crippen LogP contribution in [0.1, 0.15) is 13.8 Å². The number of hydrogen-bond acceptors (Lipinski definition) is 9. The van der Waals surface area contributed by atoms with E-state index in [9.17, 15) is 9.90 Å². The zero-order valence-corrected chi connectivity index (χ0v) is 14.5. The molecule has 1 amide bonds. The van der Waals surface area contributed by atoms with Gasteiger partial charge in [0.1, 0.15) is 10.7 Å². The van der Waals surface area contributed by atoms with Crippen LogP contribution in [-0.4, -0.2) is 33.9 Å². The number of aromatic hydroxyl groups is 1. The van der Waals surface area contributed by atoms with E-state index < -0.39 is 0 Å². The molecule has 10 heteroatoms. The van der Waals surface area contributed by atoms with Crippen LogP contribution in [0, 0.1) is 0 Å². The summed E-state index contributed by atoms with van der Waals surface area (Å²) in [5.41, 5.74) is 3.17. The fraction of sp³-hybridized carbons (Fsp3) is 0.385. The van der Waals surface area contributed by atoms with Crippen molar-refractivity contribution in [1.82, 2.24) is 5.43 Å². The molecule has 3 N–H and O–H groups in total. The number of thiol groups is 1. The zero-order chi connectivity index (χ0) is 17.0. The molecule has 2 atom stereocenters. The largest absolute Gasteiger partial charge is 0.504 e. The highest BCUT2D eigenvalue weighted by Gasteiger charge is 2.21. The summed E-state index contributed by atoms with van der Waals surface area (Å²) < 4.78 is 5.05. The van der Waals surface area contributed by atoms with Gasteiger partial charge in [0.2, 0.25) is 11.4 Å². The number of phenolic OH excluding ortho intramolecular Hbond substituents is 1. The lowest BCUT2D eigenvalue weighted by Gasteiger charge is -2.10. The molecule has 0 saturated carbocycles. The van der Waals surface area contributed by atoms with Gasteiger partial charge in [-0.1, -0.05) is 11.8 Å². The number of thioether (sulfide) groups is 1. The van der Waals surface area contributed by atoms with Crippen molar-refractivity contribution in [3.05, 3.63) is 12.1 Å². The van der Waals surface area contributed by atoms with E-state index in [1.54, 1.807) is 0 Å². The summed E-state index contributed by atoms with van der Waals surface area (Å²) in [6.07, 6.45) is 0. The number of hydrogen-bond donors (Lipinski definition) is 4. The Kier molecular flexibility index (Phi) is 5.72. The molecule has 1 heterocycles. The third-order valence-electron chi connectivity index (χ3n) is 2.75. The summed E-state index contributed by atoms with van der Waals surface area (Å²) in [4.78, 5) is 11.3. The van der Waals surface area contributed by atoms with Crippen LogP contribution in [0.4, 0.5) is 11.4 Å². The maximum absolute atomic E-state index is 11.3. The fourth-order valence-corrected chi connectivity index (χ4v) is 2.71. The van der Waals surface area contributed by atoms with Crippen molar-refractivity contribution in [2.75, 3.05) is 12.4 Å². The Bertz CT molecular complexity index is 663. The summed E-state index contributed by atoms with van der Waals surface area (Å²) in [5.74, 6) is -0.145. The number of azo groups is 1. The van der Waals surface area contributed by atoms with Crippen LogP contribution < -0.4 is 15.5 Å². The van der Waals surface area contributed by atoms with E-state index in [0.717, 1.165) is 5.04 Å². The Balaban J connectivity index is 2.21. The number of ether oxygens (including phenoxy) is 1. The summed E-state index contributed by atoms with van der Waals surface area (Å²) in [6, 6.07) is 2.86. The Hall–Kier alpha value is -1.94. The Morgan fingerprint density at radius 1 is 1.61 bits per heavy atom. The molecule has 0 spiro atoms. The second-order valence-electron chi connectivity index (χ2n) is 4.66. The lowest BCUT2D eigenvalue weighted by Crippen LogP contribution is -2.11. The molecular formula is C13H17N5O3S2. The van der Waals surface area contributed by atoms with E-state index in [4.69, 9.17) is 4.74 Å². The Labute approximate surface area is 143 Å².